The summed E-state index contributed by atoms with van der Waals surface area (Å²) in [6.45, 7) is 0.539. The monoisotopic (exact) mass is 289 g/mol. The second-order valence-corrected chi connectivity index (χ2v) is 6.78. The predicted octanol–water partition coefficient (Wildman–Crippen LogP) is 1.73. The van der Waals surface area contributed by atoms with Crippen molar-refractivity contribution in [3.05, 3.63) is 0 Å². The third kappa shape index (κ3) is 3.04. The molecule has 2 aliphatic carbocycles. The maximum Gasteiger partial charge on any atom is 0.226 e. The van der Waals surface area contributed by atoms with Crippen LogP contribution >= 0.6 is 0 Å². The van der Waals surface area contributed by atoms with E-state index in [-0.39, 0.29) is 17.7 Å². The summed E-state index contributed by atoms with van der Waals surface area (Å²) in [6.07, 6.45) is 8.81. The highest BCUT2D eigenvalue weighted by atomic mass is 16.2. The second-order valence-electron chi connectivity index (χ2n) is 6.78. The van der Waals surface area contributed by atoms with Gasteiger partial charge in [0, 0.05) is 19.0 Å². The molecule has 0 unspecified atom stereocenters. The largest absolute Gasteiger partial charge is 0.339 e. The van der Waals surface area contributed by atoms with Crippen LogP contribution in [0.15, 0.2) is 0 Å². The fourth-order valence-electron chi connectivity index (χ4n) is 3.56. The molecule has 3 fully saturated rings. The molecule has 0 spiro atoms. The standard InChI is InChI=1S/C16H23N3O2/c17-11-16(7-8-16)18-15(21)12-9-14(20)19(10-12)13-5-3-1-2-4-6-13/h12-13H,1-10H2,(H,18,21)/t12-/m0/s1. The molecule has 1 N–H and O–H groups in total. The van der Waals surface area contributed by atoms with E-state index in [1.165, 1.54) is 25.7 Å². The molecule has 1 atom stereocenters. The highest BCUT2D eigenvalue weighted by molar-refractivity contribution is 5.90. The first kappa shape index (κ1) is 14.4. The molecule has 2 saturated carbocycles. The van der Waals surface area contributed by atoms with Gasteiger partial charge in [-0.15, -0.1) is 0 Å². The van der Waals surface area contributed by atoms with Crippen molar-refractivity contribution in [2.24, 2.45) is 5.92 Å². The molecule has 0 aromatic rings. The van der Waals surface area contributed by atoms with Gasteiger partial charge in [0.1, 0.15) is 5.54 Å². The minimum Gasteiger partial charge on any atom is -0.339 e. The molecule has 3 rings (SSSR count). The molecule has 1 aliphatic heterocycles. The molecule has 2 amide bonds. The zero-order valence-corrected chi connectivity index (χ0v) is 12.4. The molecule has 3 aliphatic rings. The summed E-state index contributed by atoms with van der Waals surface area (Å²) in [6, 6.07) is 2.49. The number of hydrogen-bond donors (Lipinski definition) is 1. The Hall–Kier alpha value is -1.57. The van der Waals surface area contributed by atoms with Crippen LogP contribution in [0.25, 0.3) is 0 Å². The van der Waals surface area contributed by atoms with E-state index >= 15 is 0 Å². The van der Waals surface area contributed by atoms with Crippen molar-refractivity contribution in [2.75, 3.05) is 6.54 Å². The van der Waals surface area contributed by atoms with Crippen LogP contribution in [0, 0.1) is 17.2 Å². The van der Waals surface area contributed by atoms with Crippen molar-refractivity contribution in [2.45, 2.75) is 69.4 Å². The van der Waals surface area contributed by atoms with E-state index in [1.54, 1.807) is 0 Å². The highest BCUT2D eigenvalue weighted by Gasteiger charge is 2.47. The lowest BCUT2D eigenvalue weighted by molar-refractivity contribution is -0.130. The van der Waals surface area contributed by atoms with Crippen LogP contribution in [0.4, 0.5) is 0 Å². The van der Waals surface area contributed by atoms with E-state index in [9.17, 15) is 9.59 Å². The first-order valence-corrected chi connectivity index (χ1v) is 8.16. The van der Waals surface area contributed by atoms with Gasteiger partial charge < -0.3 is 10.2 Å². The average Bonchev–Trinajstić information content (AvgIpc) is 3.21. The van der Waals surface area contributed by atoms with Gasteiger partial charge in [-0.25, -0.2) is 0 Å². The van der Waals surface area contributed by atoms with Crippen LogP contribution in [0.2, 0.25) is 0 Å². The topological polar surface area (TPSA) is 73.2 Å². The van der Waals surface area contributed by atoms with Gasteiger partial charge in [-0.3, -0.25) is 9.59 Å². The summed E-state index contributed by atoms with van der Waals surface area (Å²) in [5.74, 6) is -0.269. The highest BCUT2D eigenvalue weighted by Crippen LogP contribution is 2.35. The molecule has 1 saturated heterocycles. The van der Waals surface area contributed by atoms with Crippen molar-refractivity contribution >= 4 is 11.8 Å². The lowest BCUT2D eigenvalue weighted by Gasteiger charge is -2.27. The summed E-state index contributed by atoms with van der Waals surface area (Å²) < 4.78 is 0. The van der Waals surface area contributed by atoms with Gasteiger partial charge in [0.15, 0.2) is 0 Å². The number of nitrogens with zero attached hydrogens (tertiary/aromatic N) is 2. The molecule has 0 radical (unpaired) electrons. The van der Waals surface area contributed by atoms with Gasteiger partial charge in [-0.2, -0.15) is 5.26 Å². The number of carbonyl (C=O) groups is 2. The summed E-state index contributed by atoms with van der Waals surface area (Å²) in [4.78, 5) is 26.4. The van der Waals surface area contributed by atoms with Gasteiger partial charge >= 0.3 is 0 Å². The Morgan fingerprint density at radius 2 is 1.90 bits per heavy atom. The number of rotatable bonds is 3. The zero-order valence-electron chi connectivity index (χ0n) is 12.4. The number of nitriles is 1. The van der Waals surface area contributed by atoms with E-state index < -0.39 is 5.54 Å². The van der Waals surface area contributed by atoms with Crippen molar-refractivity contribution in [3.8, 4) is 6.07 Å². The van der Waals surface area contributed by atoms with Crippen LogP contribution in [0.1, 0.15) is 57.8 Å². The Balaban J connectivity index is 1.59. The minimum atomic E-state index is -0.629. The minimum absolute atomic E-state index is 0.112. The van der Waals surface area contributed by atoms with E-state index in [1.807, 2.05) is 4.90 Å². The molecule has 21 heavy (non-hydrogen) atoms. The molecule has 5 heteroatoms. The summed E-state index contributed by atoms with van der Waals surface area (Å²) in [5, 5.41) is 11.9. The fraction of sp³-hybridized carbons (Fsp3) is 0.812. The number of carbonyl (C=O) groups excluding carboxylic acids is 2. The van der Waals surface area contributed by atoms with Gasteiger partial charge in [0.25, 0.3) is 0 Å². The molecule has 0 bridgehead atoms. The van der Waals surface area contributed by atoms with Crippen molar-refractivity contribution < 1.29 is 9.59 Å². The maximum absolute atomic E-state index is 12.3. The Morgan fingerprint density at radius 1 is 1.24 bits per heavy atom. The second kappa shape index (κ2) is 5.67. The zero-order chi connectivity index (χ0) is 14.9. The number of likely N-dealkylation sites (tertiary alicyclic amines) is 1. The SMILES string of the molecule is N#CC1(NC(=O)[C@H]2CC(=O)N(C3CCCCCC3)C2)CC1. The van der Waals surface area contributed by atoms with Gasteiger partial charge in [-0.05, 0) is 25.7 Å². The Kier molecular flexibility index (Phi) is 3.88. The fourth-order valence-corrected chi connectivity index (χ4v) is 3.56. The predicted molar refractivity (Wildman–Crippen MR) is 77.0 cm³/mol. The number of amides is 2. The summed E-state index contributed by atoms with van der Waals surface area (Å²) in [5.41, 5.74) is -0.629. The van der Waals surface area contributed by atoms with Gasteiger partial charge in [0.05, 0.1) is 12.0 Å². The van der Waals surface area contributed by atoms with E-state index in [0.717, 1.165) is 25.7 Å². The van der Waals surface area contributed by atoms with Gasteiger partial charge in [0.2, 0.25) is 11.8 Å². The molecule has 0 aromatic carbocycles. The molecule has 1 heterocycles. The summed E-state index contributed by atoms with van der Waals surface area (Å²) in [7, 11) is 0. The lowest BCUT2D eigenvalue weighted by atomic mass is 10.1. The lowest BCUT2D eigenvalue weighted by Crippen LogP contribution is -2.41. The molecule has 5 nitrogen and oxygen atoms in total. The Morgan fingerprint density at radius 3 is 2.48 bits per heavy atom. The van der Waals surface area contributed by atoms with Crippen LogP contribution in [-0.4, -0.2) is 34.8 Å². The smallest absolute Gasteiger partial charge is 0.226 e. The van der Waals surface area contributed by atoms with E-state index in [0.29, 0.717) is 19.0 Å². The van der Waals surface area contributed by atoms with Crippen LogP contribution in [0.3, 0.4) is 0 Å². The van der Waals surface area contributed by atoms with Crippen molar-refractivity contribution in [1.82, 2.24) is 10.2 Å². The average molecular weight is 289 g/mol. The van der Waals surface area contributed by atoms with Crippen LogP contribution in [-0.2, 0) is 9.59 Å². The van der Waals surface area contributed by atoms with E-state index in [2.05, 4.69) is 11.4 Å². The van der Waals surface area contributed by atoms with Crippen LogP contribution in [0.5, 0.6) is 0 Å². The molecular formula is C16H23N3O2. The maximum atomic E-state index is 12.3. The third-order valence-corrected chi connectivity index (χ3v) is 5.12. The number of hydrogen-bond acceptors (Lipinski definition) is 3. The molecule has 114 valence electrons. The summed E-state index contributed by atoms with van der Waals surface area (Å²) >= 11 is 0. The quantitative estimate of drug-likeness (QED) is 0.804. The first-order chi connectivity index (χ1) is 10.1. The van der Waals surface area contributed by atoms with E-state index in [4.69, 9.17) is 5.26 Å². The number of nitrogens with one attached hydrogen (secondary N) is 1. The molecular weight excluding hydrogens is 266 g/mol. The Bertz CT molecular complexity index is 470. The van der Waals surface area contributed by atoms with Crippen LogP contribution < -0.4 is 5.32 Å². The normalized spacial score (nSPS) is 28.8. The molecule has 0 aromatic heterocycles. The van der Waals surface area contributed by atoms with Crippen molar-refractivity contribution in [3.63, 3.8) is 0 Å². The Labute approximate surface area is 125 Å². The third-order valence-electron chi connectivity index (χ3n) is 5.12. The van der Waals surface area contributed by atoms with Gasteiger partial charge in [-0.1, -0.05) is 25.7 Å². The van der Waals surface area contributed by atoms with Crippen molar-refractivity contribution in [1.29, 1.82) is 5.26 Å². The first-order valence-electron chi connectivity index (χ1n) is 8.16.